The van der Waals surface area contributed by atoms with Gasteiger partial charge in [-0.2, -0.15) is 0 Å². The van der Waals surface area contributed by atoms with Crippen molar-refractivity contribution in [3.05, 3.63) is 56.7 Å². The first kappa shape index (κ1) is 25.6. The van der Waals surface area contributed by atoms with E-state index in [0.717, 1.165) is 6.07 Å². The number of benzene rings is 2. The Morgan fingerprint density at radius 3 is 2.50 bits per heavy atom. The second-order valence-electron chi connectivity index (χ2n) is 6.73. The van der Waals surface area contributed by atoms with E-state index in [1.165, 1.54) is 6.08 Å². The zero-order valence-corrected chi connectivity index (χ0v) is 20.3. The fourth-order valence-electron chi connectivity index (χ4n) is 2.96. The lowest BCUT2D eigenvalue weighted by Crippen LogP contribution is -2.36. The summed E-state index contributed by atoms with van der Waals surface area (Å²) in [5, 5.41) is 1.31. The van der Waals surface area contributed by atoms with E-state index < -0.39 is 46.7 Å². The van der Waals surface area contributed by atoms with Gasteiger partial charge < -0.3 is 14.8 Å². The highest BCUT2D eigenvalue weighted by Gasteiger charge is 2.36. The lowest BCUT2D eigenvalue weighted by molar-refractivity contribution is -0.127. The van der Waals surface area contributed by atoms with Crippen molar-refractivity contribution in [1.29, 1.82) is 0 Å². The number of hydrogen-bond donors (Lipinski definition) is 1. The van der Waals surface area contributed by atoms with Gasteiger partial charge in [0, 0.05) is 0 Å². The second-order valence-corrected chi connectivity index (χ2v) is 8.58. The molecule has 1 heterocycles. The van der Waals surface area contributed by atoms with Gasteiger partial charge in [-0.05, 0) is 77.4 Å². The number of imide groups is 1. The van der Waals surface area contributed by atoms with Crippen molar-refractivity contribution in [1.82, 2.24) is 4.90 Å². The van der Waals surface area contributed by atoms with Crippen molar-refractivity contribution < 1.29 is 37.0 Å². The fraction of sp³-hybridized carbons (Fsp3) is 0.227. The summed E-state index contributed by atoms with van der Waals surface area (Å²) in [5.74, 6) is -5.52. The molecule has 3 rings (SSSR count). The molecule has 1 saturated heterocycles. The van der Waals surface area contributed by atoms with Gasteiger partial charge in [-0.15, -0.1) is 0 Å². The van der Waals surface area contributed by atoms with Gasteiger partial charge in [0.05, 0.1) is 28.3 Å². The van der Waals surface area contributed by atoms with Gasteiger partial charge in [0.1, 0.15) is 6.54 Å². The quantitative estimate of drug-likeness (QED) is 0.348. The summed E-state index contributed by atoms with van der Waals surface area (Å²) in [6.07, 6.45) is 1.46. The van der Waals surface area contributed by atoms with E-state index in [4.69, 9.17) is 9.47 Å². The van der Waals surface area contributed by atoms with Crippen molar-refractivity contribution in [3.63, 3.8) is 0 Å². The molecule has 1 N–H and O–H groups in total. The maximum Gasteiger partial charge on any atom is 0.294 e. The Hall–Kier alpha value is -2.99. The highest BCUT2D eigenvalue weighted by atomic mass is 79.9. The number of rotatable bonds is 8. The largest absolute Gasteiger partial charge is 0.490 e. The third-order valence-corrected chi connectivity index (χ3v) is 5.90. The van der Waals surface area contributed by atoms with Crippen LogP contribution in [0.15, 0.2) is 33.6 Å². The Kier molecular flexibility index (Phi) is 8.26. The van der Waals surface area contributed by atoms with E-state index in [1.807, 2.05) is 12.2 Å². The van der Waals surface area contributed by atoms with Gasteiger partial charge in [0.2, 0.25) is 5.91 Å². The average Bonchev–Trinajstić information content (AvgIpc) is 3.04. The number of thioether (sulfide) groups is 1. The smallest absolute Gasteiger partial charge is 0.294 e. The van der Waals surface area contributed by atoms with Crippen LogP contribution in [0.3, 0.4) is 0 Å². The number of nitrogens with one attached hydrogen (secondary N) is 1. The van der Waals surface area contributed by atoms with Gasteiger partial charge in [0.25, 0.3) is 11.1 Å². The summed E-state index contributed by atoms with van der Waals surface area (Å²) < 4.78 is 51.9. The van der Waals surface area contributed by atoms with Crippen LogP contribution in [0.2, 0.25) is 0 Å². The number of nitrogens with zero attached hydrogens (tertiary/aromatic N) is 1. The number of anilines is 1. The predicted octanol–water partition coefficient (Wildman–Crippen LogP) is 5.34. The molecule has 0 aromatic heterocycles. The molecule has 2 aromatic rings. The first-order chi connectivity index (χ1) is 16.2. The van der Waals surface area contributed by atoms with E-state index in [0.29, 0.717) is 57.5 Å². The molecule has 1 aliphatic heterocycles. The third-order valence-electron chi connectivity index (χ3n) is 4.40. The van der Waals surface area contributed by atoms with Crippen molar-refractivity contribution >= 4 is 56.5 Å². The zero-order valence-electron chi connectivity index (χ0n) is 17.9. The third kappa shape index (κ3) is 5.55. The molecule has 0 spiro atoms. The minimum absolute atomic E-state index is 0.0512. The zero-order chi connectivity index (χ0) is 25.0. The molecule has 2 aromatic carbocycles. The van der Waals surface area contributed by atoms with E-state index in [1.54, 1.807) is 19.1 Å². The highest BCUT2D eigenvalue weighted by Crippen LogP contribution is 2.39. The summed E-state index contributed by atoms with van der Waals surface area (Å²) in [4.78, 5) is 38.0. The number of amides is 3. The van der Waals surface area contributed by atoms with Crippen LogP contribution < -0.4 is 14.8 Å². The summed E-state index contributed by atoms with van der Waals surface area (Å²) in [7, 11) is 0. The SMILES string of the molecule is CCOc1cc(/C=C2/SC(=O)N(CC(=O)Nc3ccc(F)c(F)c3F)C2=O)cc(Br)c1OCC. The second kappa shape index (κ2) is 11.0. The van der Waals surface area contributed by atoms with Crippen LogP contribution in [0.4, 0.5) is 23.7 Å². The van der Waals surface area contributed by atoms with Crippen molar-refractivity contribution in [2.45, 2.75) is 13.8 Å². The highest BCUT2D eigenvalue weighted by molar-refractivity contribution is 9.10. The fourth-order valence-corrected chi connectivity index (χ4v) is 4.37. The normalized spacial score (nSPS) is 14.6. The van der Waals surface area contributed by atoms with Gasteiger partial charge >= 0.3 is 0 Å². The number of ether oxygens (including phenoxy) is 2. The van der Waals surface area contributed by atoms with E-state index in [2.05, 4.69) is 15.9 Å². The Balaban J connectivity index is 1.78. The minimum atomic E-state index is -1.75. The Bertz CT molecular complexity index is 1190. The molecular weight excluding hydrogens is 541 g/mol. The molecule has 0 atom stereocenters. The van der Waals surface area contributed by atoms with Crippen LogP contribution in [0.1, 0.15) is 19.4 Å². The first-order valence-electron chi connectivity index (χ1n) is 9.94. The van der Waals surface area contributed by atoms with Crippen LogP contribution in [-0.4, -0.2) is 41.7 Å². The molecule has 180 valence electrons. The molecule has 3 amide bonds. The van der Waals surface area contributed by atoms with Crippen LogP contribution in [0.25, 0.3) is 6.08 Å². The Labute approximate surface area is 205 Å². The van der Waals surface area contributed by atoms with Crippen LogP contribution in [0.5, 0.6) is 11.5 Å². The molecule has 34 heavy (non-hydrogen) atoms. The first-order valence-corrected chi connectivity index (χ1v) is 11.5. The van der Waals surface area contributed by atoms with Crippen molar-refractivity contribution in [2.24, 2.45) is 0 Å². The summed E-state index contributed by atoms with van der Waals surface area (Å²) in [5.41, 5.74) is -0.0771. The van der Waals surface area contributed by atoms with Crippen molar-refractivity contribution in [3.8, 4) is 11.5 Å². The summed E-state index contributed by atoms with van der Waals surface area (Å²) >= 11 is 4.02. The Morgan fingerprint density at radius 2 is 1.82 bits per heavy atom. The molecule has 1 fully saturated rings. The van der Waals surface area contributed by atoms with E-state index in [9.17, 15) is 27.6 Å². The van der Waals surface area contributed by atoms with Gasteiger partial charge in [-0.25, -0.2) is 13.2 Å². The number of halogens is 4. The lowest BCUT2D eigenvalue weighted by Gasteiger charge is -2.14. The van der Waals surface area contributed by atoms with Gasteiger partial charge in [0.15, 0.2) is 29.0 Å². The molecule has 0 saturated carbocycles. The molecule has 1 aliphatic rings. The van der Waals surface area contributed by atoms with Crippen LogP contribution in [-0.2, 0) is 9.59 Å². The standard InChI is InChI=1S/C22H18BrF3N2O5S/c1-3-32-15-8-11(7-12(23)20(15)33-4-2)9-16-21(30)28(22(31)34-16)10-17(29)27-14-6-5-13(24)18(25)19(14)26/h5-9H,3-4,10H2,1-2H3,(H,27,29)/b16-9+. The molecule has 7 nitrogen and oxygen atoms in total. The van der Waals surface area contributed by atoms with E-state index >= 15 is 0 Å². The average molecular weight is 559 g/mol. The molecular formula is C22H18BrF3N2O5S. The topological polar surface area (TPSA) is 84.9 Å². The monoisotopic (exact) mass is 558 g/mol. The van der Waals surface area contributed by atoms with Crippen molar-refractivity contribution in [2.75, 3.05) is 25.1 Å². The lowest BCUT2D eigenvalue weighted by atomic mass is 10.2. The van der Waals surface area contributed by atoms with Gasteiger partial charge in [-0.1, -0.05) is 0 Å². The molecule has 0 unspecified atom stereocenters. The number of carbonyl (C=O) groups is 3. The van der Waals surface area contributed by atoms with E-state index in [-0.39, 0.29) is 4.91 Å². The number of carbonyl (C=O) groups excluding carboxylic acids is 3. The summed E-state index contributed by atoms with van der Waals surface area (Å²) in [6.45, 7) is 3.67. The molecule has 0 aliphatic carbocycles. The molecule has 0 radical (unpaired) electrons. The molecule has 0 bridgehead atoms. The maximum absolute atomic E-state index is 13.8. The van der Waals surface area contributed by atoms with Crippen LogP contribution >= 0.6 is 27.7 Å². The minimum Gasteiger partial charge on any atom is -0.490 e. The maximum atomic E-state index is 13.8. The summed E-state index contributed by atoms with van der Waals surface area (Å²) in [6, 6.07) is 4.80. The Morgan fingerprint density at radius 1 is 1.12 bits per heavy atom. The number of hydrogen-bond acceptors (Lipinski definition) is 6. The molecule has 12 heteroatoms. The van der Waals surface area contributed by atoms with Crippen LogP contribution in [0, 0.1) is 17.5 Å². The van der Waals surface area contributed by atoms with Gasteiger partial charge in [-0.3, -0.25) is 19.3 Å². The predicted molar refractivity (Wildman–Crippen MR) is 124 cm³/mol.